The van der Waals surface area contributed by atoms with E-state index in [-0.39, 0.29) is 11.0 Å². The summed E-state index contributed by atoms with van der Waals surface area (Å²) in [6.07, 6.45) is 20.7. The first-order chi connectivity index (χ1) is 24.1. The number of likely N-dealkylation sites (tertiary alicyclic amines) is 1. The van der Waals surface area contributed by atoms with Crippen molar-refractivity contribution < 1.29 is 13.6 Å². The highest BCUT2D eigenvalue weighted by Gasteiger charge is 2.55. The summed E-state index contributed by atoms with van der Waals surface area (Å²) in [6.45, 7) is 8.69. The van der Waals surface area contributed by atoms with E-state index in [2.05, 4.69) is 51.6 Å². The maximum atomic E-state index is 15.2. The number of Topliss-reactive ketones (excluding diaryl/α,β-unsaturated/α-hetero) is 1. The van der Waals surface area contributed by atoms with Gasteiger partial charge in [-0.3, -0.25) is 15.2 Å². The van der Waals surface area contributed by atoms with Crippen LogP contribution in [0, 0.1) is 23.2 Å². The van der Waals surface area contributed by atoms with Gasteiger partial charge in [0.2, 0.25) is 0 Å². The van der Waals surface area contributed by atoms with Gasteiger partial charge in [-0.2, -0.15) is 13.9 Å². The van der Waals surface area contributed by atoms with Gasteiger partial charge < -0.3 is 4.90 Å². The Balaban J connectivity index is 0.985. The minimum atomic E-state index is -2.98. The Hall–Kier alpha value is -3.19. The molecule has 0 amide bonds. The van der Waals surface area contributed by atoms with E-state index in [0.29, 0.717) is 48.5 Å². The first-order valence-electron chi connectivity index (χ1n) is 19.5. The summed E-state index contributed by atoms with van der Waals surface area (Å²) < 4.78 is 30.3. The van der Waals surface area contributed by atoms with Crippen LogP contribution in [0.2, 0.25) is 0 Å². The van der Waals surface area contributed by atoms with Crippen LogP contribution >= 0.6 is 0 Å². The number of alkyl halides is 2. The zero-order valence-electron chi connectivity index (χ0n) is 30.4. The molecule has 7 heteroatoms. The Morgan fingerprint density at radius 3 is 2.74 bits per heavy atom. The van der Waals surface area contributed by atoms with Gasteiger partial charge in [-0.15, -0.1) is 0 Å². The van der Waals surface area contributed by atoms with Crippen molar-refractivity contribution in [3.8, 4) is 0 Å². The lowest BCUT2D eigenvalue weighted by atomic mass is 9.71. The third-order valence-electron chi connectivity index (χ3n) is 13.3. The highest BCUT2D eigenvalue weighted by molar-refractivity contribution is 6.00. The number of fused-ring (bicyclic) bond motifs is 1. The minimum Gasteiger partial charge on any atom is -0.300 e. The van der Waals surface area contributed by atoms with Crippen LogP contribution in [0.15, 0.2) is 81.0 Å². The van der Waals surface area contributed by atoms with Gasteiger partial charge in [0.15, 0.2) is 0 Å². The molecule has 0 bridgehead atoms. The number of hydrogen-bond acceptors (Lipinski definition) is 5. The number of benzene rings is 1. The average Bonchev–Trinajstić information content (AvgIpc) is 3.65. The number of carbonyl (C=O) groups is 1. The lowest BCUT2D eigenvalue weighted by Crippen LogP contribution is -2.41. The summed E-state index contributed by atoms with van der Waals surface area (Å²) in [5.74, 6) is 0.0295. The number of halogens is 2. The highest BCUT2D eigenvalue weighted by Crippen LogP contribution is 2.57. The molecule has 3 fully saturated rings. The van der Waals surface area contributed by atoms with Crippen LogP contribution in [0.4, 0.5) is 8.78 Å². The topological polar surface area (TPSA) is 57.1 Å². The SMILES string of the molecule is CC=CC(F)(F)C1=CC2=C(CCC(C)=C1)CCC(CC(=O)C13CCCC1CC(N1CCC(c4cccc(C5=NCC=NN5)c4)CC1)C3)C(C)C2. The van der Waals surface area contributed by atoms with Gasteiger partial charge >= 0.3 is 0 Å². The fraction of sp³-hybridized carbons (Fsp3) is 0.605. The molecule has 1 aromatic carbocycles. The number of carbonyl (C=O) groups excluding carboxylic acids is 1. The summed E-state index contributed by atoms with van der Waals surface area (Å²) in [5, 5.41) is 4.19. The van der Waals surface area contributed by atoms with Crippen LogP contribution in [0.1, 0.15) is 121 Å². The first-order valence-corrected chi connectivity index (χ1v) is 19.5. The smallest absolute Gasteiger partial charge is 0.291 e. The average molecular weight is 683 g/mol. The maximum Gasteiger partial charge on any atom is 0.291 e. The van der Waals surface area contributed by atoms with E-state index in [0.717, 1.165) is 106 Å². The molecule has 0 spiro atoms. The molecule has 5 nitrogen and oxygen atoms in total. The normalized spacial score (nSPS) is 31.3. The second kappa shape index (κ2) is 14.8. The van der Waals surface area contributed by atoms with Crippen molar-refractivity contribution in [3.05, 3.63) is 82.0 Å². The zero-order valence-corrected chi connectivity index (χ0v) is 30.4. The van der Waals surface area contributed by atoms with E-state index in [9.17, 15) is 4.79 Å². The molecule has 2 saturated carbocycles. The first kappa shape index (κ1) is 35.2. The van der Waals surface area contributed by atoms with Crippen molar-refractivity contribution in [1.29, 1.82) is 0 Å². The zero-order chi connectivity index (χ0) is 34.9. The monoisotopic (exact) mass is 682 g/mol. The minimum absolute atomic E-state index is 0.103. The molecule has 5 unspecified atom stereocenters. The van der Waals surface area contributed by atoms with Crippen molar-refractivity contribution in [2.24, 2.45) is 33.3 Å². The quantitative estimate of drug-likeness (QED) is 0.278. The van der Waals surface area contributed by atoms with Crippen molar-refractivity contribution >= 4 is 17.8 Å². The Labute approximate surface area is 298 Å². The van der Waals surface area contributed by atoms with E-state index in [1.807, 2.05) is 6.92 Å². The number of allylic oxidation sites excluding steroid dienone is 8. The van der Waals surface area contributed by atoms with Gasteiger partial charge in [-0.25, -0.2) is 0 Å². The number of hydrazone groups is 1. The summed E-state index contributed by atoms with van der Waals surface area (Å²) in [7, 11) is 0. The Morgan fingerprint density at radius 2 is 1.96 bits per heavy atom. The molecular formula is C43H56F2N4O. The summed E-state index contributed by atoms with van der Waals surface area (Å²) in [5.41, 5.74) is 8.92. The van der Waals surface area contributed by atoms with E-state index in [1.54, 1.807) is 25.3 Å². The van der Waals surface area contributed by atoms with E-state index >= 15 is 8.78 Å². The predicted octanol–water partition coefficient (Wildman–Crippen LogP) is 9.72. The van der Waals surface area contributed by atoms with Crippen LogP contribution in [-0.2, 0) is 4.79 Å². The van der Waals surface area contributed by atoms with Crippen LogP contribution in [-0.4, -0.2) is 54.3 Å². The van der Waals surface area contributed by atoms with Crippen LogP contribution in [0.5, 0.6) is 0 Å². The number of amidine groups is 1. The number of piperidine rings is 1. The number of nitrogens with zero attached hydrogens (tertiary/aromatic N) is 3. The van der Waals surface area contributed by atoms with Gasteiger partial charge in [-0.05, 0) is 151 Å². The highest BCUT2D eigenvalue weighted by atomic mass is 19.3. The molecular weight excluding hydrogens is 626 g/mol. The van der Waals surface area contributed by atoms with Crippen LogP contribution in [0.25, 0.3) is 0 Å². The molecule has 2 heterocycles. The Morgan fingerprint density at radius 1 is 1.12 bits per heavy atom. The van der Waals surface area contributed by atoms with Gasteiger partial charge in [0.05, 0.1) is 6.54 Å². The van der Waals surface area contributed by atoms with E-state index < -0.39 is 5.92 Å². The fourth-order valence-corrected chi connectivity index (χ4v) is 10.4. The molecule has 7 rings (SSSR count). The second-order valence-electron chi connectivity index (χ2n) is 16.3. The standard InChI is InChI=1S/C43H56F2N4O/c1-4-16-43(44,45)38-22-29(2)10-11-31-12-13-33(30(3)23-36(31)25-38)26-40(50)42-17-6-9-37(42)27-39(28-42)49-20-14-32(15-21-49)34-7-5-8-35(24-34)41-46-18-19-47-48-41/h4-5,7-8,16,19,22,24-25,30,32-33,37,39H,6,9-15,17-18,20-21,23,26-28H2,1-3H3,(H,46,48). The van der Waals surface area contributed by atoms with Crippen molar-refractivity contribution in [2.75, 3.05) is 19.6 Å². The number of hydrogen-bond donors (Lipinski definition) is 1. The summed E-state index contributed by atoms with van der Waals surface area (Å²) in [4.78, 5) is 21.8. The molecule has 1 N–H and O–H groups in total. The Kier molecular flexibility index (Phi) is 10.4. The van der Waals surface area contributed by atoms with Gasteiger partial charge in [0, 0.05) is 35.2 Å². The van der Waals surface area contributed by atoms with Crippen LogP contribution < -0.4 is 5.43 Å². The van der Waals surface area contributed by atoms with Crippen molar-refractivity contribution in [2.45, 2.75) is 122 Å². The summed E-state index contributed by atoms with van der Waals surface area (Å²) >= 11 is 0. The molecule has 4 aliphatic carbocycles. The molecule has 1 saturated heterocycles. The van der Waals surface area contributed by atoms with Crippen LogP contribution in [0.3, 0.4) is 0 Å². The number of ketones is 1. The lowest BCUT2D eigenvalue weighted by Gasteiger charge is -2.37. The maximum absolute atomic E-state index is 15.2. The number of aliphatic imine (C=N–C) groups is 1. The molecule has 0 radical (unpaired) electrons. The molecule has 2 aliphatic heterocycles. The molecule has 5 atom stereocenters. The second-order valence-corrected chi connectivity index (χ2v) is 16.3. The molecule has 6 aliphatic rings. The number of rotatable bonds is 8. The lowest BCUT2D eigenvalue weighted by molar-refractivity contribution is -0.131. The largest absolute Gasteiger partial charge is 0.300 e. The molecule has 1 aromatic rings. The van der Waals surface area contributed by atoms with E-state index in [1.165, 1.54) is 30.1 Å². The predicted molar refractivity (Wildman–Crippen MR) is 200 cm³/mol. The van der Waals surface area contributed by atoms with E-state index in [4.69, 9.17) is 0 Å². The third kappa shape index (κ3) is 7.26. The molecule has 50 heavy (non-hydrogen) atoms. The van der Waals surface area contributed by atoms with Crippen molar-refractivity contribution in [3.63, 3.8) is 0 Å². The molecule has 268 valence electrons. The summed E-state index contributed by atoms with van der Waals surface area (Å²) in [6, 6.07) is 9.31. The fourth-order valence-electron chi connectivity index (χ4n) is 10.4. The van der Waals surface area contributed by atoms with Gasteiger partial charge in [0.25, 0.3) is 5.92 Å². The Bertz CT molecular complexity index is 1630. The van der Waals surface area contributed by atoms with Gasteiger partial charge in [0.1, 0.15) is 11.6 Å². The van der Waals surface area contributed by atoms with Crippen molar-refractivity contribution in [1.82, 2.24) is 10.3 Å². The van der Waals surface area contributed by atoms with Gasteiger partial charge in [-0.1, -0.05) is 54.8 Å². The molecule has 0 aromatic heterocycles. The third-order valence-corrected chi connectivity index (χ3v) is 13.3. The number of nitrogens with one attached hydrogen (secondary N) is 1.